The Morgan fingerprint density at radius 1 is 1.30 bits per heavy atom. The maximum Gasteiger partial charge on any atom is 0.266 e. The van der Waals surface area contributed by atoms with Crippen LogP contribution >= 0.6 is 11.3 Å². The summed E-state index contributed by atoms with van der Waals surface area (Å²) in [5.74, 6) is 0.895. The summed E-state index contributed by atoms with van der Waals surface area (Å²) in [6, 6.07) is 6.13. The number of thiazole rings is 1. The van der Waals surface area contributed by atoms with Crippen LogP contribution in [0.25, 0.3) is 0 Å². The van der Waals surface area contributed by atoms with E-state index in [0.29, 0.717) is 11.0 Å². The second-order valence-electron chi connectivity index (χ2n) is 8.54. The Hall–Kier alpha value is -1.96. The smallest absolute Gasteiger partial charge is 0.266 e. The van der Waals surface area contributed by atoms with Crippen molar-refractivity contribution in [1.82, 2.24) is 9.88 Å². The summed E-state index contributed by atoms with van der Waals surface area (Å²) in [5.41, 5.74) is 3.18. The molecule has 0 radical (unpaired) electrons. The first kappa shape index (κ1) is 22.7. The first-order chi connectivity index (χ1) is 14.2. The van der Waals surface area contributed by atoms with Gasteiger partial charge in [-0.3, -0.25) is 15.0 Å². The van der Waals surface area contributed by atoms with Crippen LogP contribution in [0.4, 0.5) is 5.13 Å². The largest absolute Gasteiger partial charge is 0.481 e. The third kappa shape index (κ3) is 6.03. The number of amides is 1. The van der Waals surface area contributed by atoms with E-state index in [1.165, 1.54) is 11.3 Å². The number of aryl methyl sites for hydroxylation is 1. The lowest BCUT2D eigenvalue weighted by molar-refractivity contribution is -0.122. The zero-order valence-electron chi connectivity index (χ0n) is 18.8. The summed E-state index contributed by atoms with van der Waals surface area (Å²) in [4.78, 5) is 19.6. The number of nitrogens with zero attached hydrogens (tertiary/aromatic N) is 2. The molecule has 0 bridgehead atoms. The van der Waals surface area contributed by atoms with Gasteiger partial charge in [-0.05, 0) is 50.8 Å². The maximum absolute atomic E-state index is 12.7. The van der Waals surface area contributed by atoms with Crippen molar-refractivity contribution in [3.05, 3.63) is 40.4 Å². The Morgan fingerprint density at radius 2 is 2.00 bits per heavy atom. The Kier molecular flexibility index (Phi) is 7.50. The average Bonchev–Trinajstić information content (AvgIpc) is 3.07. The van der Waals surface area contributed by atoms with Crippen LogP contribution in [0.3, 0.4) is 0 Å². The first-order valence-electron chi connectivity index (χ1n) is 10.6. The second kappa shape index (κ2) is 9.90. The summed E-state index contributed by atoms with van der Waals surface area (Å²) in [5, 5.41) is 5.51. The molecule has 2 aromatic rings. The quantitative estimate of drug-likeness (QED) is 0.695. The monoisotopic (exact) mass is 431 g/mol. The van der Waals surface area contributed by atoms with Gasteiger partial charge in [0.1, 0.15) is 5.75 Å². The molecule has 30 heavy (non-hydrogen) atoms. The lowest BCUT2D eigenvalue weighted by Crippen LogP contribution is -2.44. The highest BCUT2D eigenvalue weighted by Gasteiger charge is 2.23. The highest BCUT2D eigenvalue weighted by atomic mass is 32.1. The predicted molar refractivity (Wildman–Crippen MR) is 121 cm³/mol. The van der Waals surface area contributed by atoms with E-state index in [4.69, 9.17) is 9.47 Å². The molecule has 1 amide bonds. The molecule has 0 aliphatic carbocycles. The van der Waals surface area contributed by atoms with Gasteiger partial charge in [0.15, 0.2) is 11.2 Å². The molecule has 3 atom stereocenters. The van der Waals surface area contributed by atoms with Gasteiger partial charge in [-0.25, -0.2) is 4.98 Å². The molecule has 2 heterocycles. The third-order valence-electron chi connectivity index (χ3n) is 5.13. The van der Waals surface area contributed by atoms with Crippen molar-refractivity contribution < 1.29 is 14.3 Å². The van der Waals surface area contributed by atoms with Crippen LogP contribution < -0.4 is 10.1 Å². The number of carbonyl (C=O) groups excluding carboxylic acids is 1. The lowest BCUT2D eigenvalue weighted by Gasteiger charge is -2.34. The average molecular weight is 432 g/mol. The van der Waals surface area contributed by atoms with Gasteiger partial charge in [-0.15, -0.1) is 11.3 Å². The van der Waals surface area contributed by atoms with E-state index in [9.17, 15) is 4.79 Å². The van der Waals surface area contributed by atoms with E-state index >= 15 is 0 Å². The topological polar surface area (TPSA) is 63.7 Å². The van der Waals surface area contributed by atoms with Gasteiger partial charge in [0.25, 0.3) is 5.91 Å². The van der Waals surface area contributed by atoms with Crippen molar-refractivity contribution in [2.45, 2.75) is 72.3 Å². The molecule has 1 aromatic carbocycles. The van der Waals surface area contributed by atoms with Crippen LogP contribution in [0.1, 0.15) is 57.4 Å². The standard InChI is InChI=1S/C23H33N3O3S/c1-14(2)20-8-7-15(3)9-21(20)29-18(6)22(27)25-23-24-19(13-30-23)12-26-10-16(4)28-17(5)11-26/h7-9,13-14,16-18H,10-12H2,1-6H3,(H,24,25,27). The molecule has 1 aliphatic rings. The Morgan fingerprint density at radius 3 is 2.67 bits per heavy atom. The fourth-order valence-corrected chi connectivity index (χ4v) is 4.46. The second-order valence-corrected chi connectivity index (χ2v) is 9.40. The molecule has 0 saturated carbocycles. The van der Waals surface area contributed by atoms with Gasteiger partial charge in [0, 0.05) is 25.0 Å². The molecule has 1 N–H and O–H groups in total. The zero-order chi connectivity index (χ0) is 21.8. The van der Waals surface area contributed by atoms with Crippen molar-refractivity contribution >= 4 is 22.4 Å². The minimum Gasteiger partial charge on any atom is -0.481 e. The van der Waals surface area contributed by atoms with E-state index in [1.54, 1.807) is 6.92 Å². The van der Waals surface area contributed by atoms with Gasteiger partial charge in [0.2, 0.25) is 0 Å². The third-order valence-corrected chi connectivity index (χ3v) is 5.93. The molecule has 7 heteroatoms. The van der Waals surface area contributed by atoms with Crippen LogP contribution in [0.5, 0.6) is 5.75 Å². The number of benzene rings is 1. The van der Waals surface area contributed by atoms with E-state index in [1.807, 2.05) is 18.4 Å². The van der Waals surface area contributed by atoms with Crippen molar-refractivity contribution in [3.8, 4) is 5.75 Å². The number of morpholine rings is 1. The molecule has 3 rings (SSSR count). The molecule has 6 nitrogen and oxygen atoms in total. The fraction of sp³-hybridized carbons (Fsp3) is 0.565. The number of ether oxygens (including phenoxy) is 2. The van der Waals surface area contributed by atoms with E-state index in [-0.39, 0.29) is 18.1 Å². The number of hydrogen-bond acceptors (Lipinski definition) is 6. The van der Waals surface area contributed by atoms with Crippen molar-refractivity contribution in [1.29, 1.82) is 0 Å². The van der Waals surface area contributed by atoms with Gasteiger partial charge >= 0.3 is 0 Å². The molecule has 164 valence electrons. The number of aromatic nitrogens is 1. The summed E-state index contributed by atoms with van der Waals surface area (Å²) in [6.07, 6.45) is -0.165. The number of nitrogens with one attached hydrogen (secondary N) is 1. The van der Waals surface area contributed by atoms with E-state index in [0.717, 1.165) is 42.2 Å². The minimum atomic E-state index is -0.613. The Balaban J connectivity index is 1.58. The van der Waals surface area contributed by atoms with E-state index in [2.05, 4.69) is 55.0 Å². The van der Waals surface area contributed by atoms with Gasteiger partial charge in [-0.1, -0.05) is 26.0 Å². The number of anilines is 1. The molecule has 0 spiro atoms. The summed E-state index contributed by atoms with van der Waals surface area (Å²) in [7, 11) is 0. The van der Waals surface area contributed by atoms with Gasteiger partial charge < -0.3 is 9.47 Å². The molecule has 1 aromatic heterocycles. The molecule has 3 unspecified atom stereocenters. The molecular weight excluding hydrogens is 398 g/mol. The summed E-state index contributed by atoms with van der Waals surface area (Å²) < 4.78 is 11.8. The predicted octanol–water partition coefficient (Wildman–Crippen LogP) is 4.59. The molecule has 1 saturated heterocycles. The zero-order valence-corrected chi connectivity index (χ0v) is 19.6. The van der Waals surface area contributed by atoms with Crippen molar-refractivity contribution in [2.24, 2.45) is 0 Å². The van der Waals surface area contributed by atoms with Crippen LogP contribution in [-0.4, -0.2) is 47.2 Å². The van der Waals surface area contributed by atoms with Crippen LogP contribution in [-0.2, 0) is 16.1 Å². The number of rotatable bonds is 7. The molecule has 1 fully saturated rings. The minimum absolute atomic E-state index is 0.194. The maximum atomic E-state index is 12.7. The number of hydrogen-bond donors (Lipinski definition) is 1. The Bertz CT molecular complexity index is 857. The fourth-order valence-electron chi connectivity index (χ4n) is 3.75. The SMILES string of the molecule is Cc1ccc(C(C)C)c(OC(C)C(=O)Nc2nc(CN3CC(C)OC(C)C3)cs2)c1. The van der Waals surface area contributed by atoms with Crippen LogP contribution in [0, 0.1) is 6.92 Å². The van der Waals surface area contributed by atoms with E-state index < -0.39 is 6.10 Å². The van der Waals surface area contributed by atoms with Crippen molar-refractivity contribution in [2.75, 3.05) is 18.4 Å². The van der Waals surface area contributed by atoms with Gasteiger partial charge in [0.05, 0.1) is 17.9 Å². The molecular formula is C23H33N3O3S. The first-order valence-corrected chi connectivity index (χ1v) is 11.5. The lowest BCUT2D eigenvalue weighted by atomic mass is 10.0. The van der Waals surface area contributed by atoms with Crippen molar-refractivity contribution in [3.63, 3.8) is 0 Å². The highest BCUT2D eigenvalue weighted by Crippen LogP contribution is 2.28. The molecule has 1 aliphatic heterocycles. The number of carbonyl (C=O) groups is 1. The van der Waals surface area contributed by atoms with Gasteiger partial charge in [-0.2, -0.15) is 0 Å². The van der Waals surface area contributed by atoms with Crippen LogP contribution in [0.2, 0.25) is 0 Å². The normalized spacial score (nSPS) is 20.9. The highest BCUT2D eigenvalue weighted by molar-refractivity contribution is 7.13. The summed E-state index contributed by atoms with van der Waals surface area (Å²) in [6.45, 7) is 14.8. The summed E-state index contributed by atoms with van der Waals surface area (Å²) >= 11 is 1.45. The Labute approximate surface area is 183 Å². The van der Waals surface area contributed by atoms with Crippen LogP contribution in [0.15, 0.2) is 23.6 Å².